The second-order valence-corrected chi connectivity index (χ2v) is 7.95. The molecule has 1 atom stereocenters. The number of aromatic nitrogens is 3. The first kappa shape index (κ1) is 17.7. The van der Waals surface area contributed by atoms with E-state index in [1.165, 1.54) is 0 Å². The molecule has 0 radical (unpaired) electrons. The van der Waals surface area contributed by atoms with E-state index >= 15 is 0 Å². The Balaban J connectivity index is 1.55. The Morgan fingerprint density at radius 1 is 1.37 bits per heavy atom. The van der Waals surface area contributed by atoms with E-state index in [4.69, 9.17) is 0 Å². The van der Waals surface area contributed by atoms with Crippen LogP contribution in [0, 0.1) is 6.92 Å². The molecule has 2 N–H and O–H groups in total. The van der Waals surface area contributed by atoms with Crippen molar-refractivity contribution >= 4 is 33.3 Å². The van der Waals surface area contributed by atoms with E-state index in [2.05, 4.69) is 26.6 Å². The van der Waals surface area contributed by atoms with E-state index in [9.17, 15) is 4.79 Å². The van der Waals surface area contributed by atoms with Crippen LogP contribution in [0.2, 0.25) is 0 Å². The van der Waals surface area contributed by atoms with Gasteiger partial charge in [0.25, 0.3) is 5.91 Å². The third-order valence-electron chi connectivity index (χ3n) is 4.90. The van der Waals surface area contributed by atoms with E-state index in [0.717, 1.165) is 46.0 Å². The lowest BCUT2D eigenvalue weighted by Gasteiger charge is -2.32. The van der Waals surface area contributed by atoms with Gasteiger partial charge < -0.3 is 15.2 Å². The molecular formula is C20H23N5OS. The molecule has 0 bridgehead atoms. The number of carbonyl (C=O) groups is 1. The fraction of sp³-hybridized carbons (Fsp3) is 0.350. The molecule has 140 valence electrons. The number of para-hydroxylation sites is 1. The minimum absolute atomic E-state index is 0.0444. The highest BCUT2D eigenvalue weighted by molar-refractivity contribution is 7.15. The van der Waals surface area contributed by atoms with Crippen LogP contribution in [-0.2, 0) is 0 Å². The highest BCUT2D eigenvalue weighted by atomic mass is 32.1. The fourth-order valence-electron chi connectivity index (χ4n) is 3.61. The predicted octanol–water partition coefficient (Wildman–Crippen LogP) is 4.34. The van der Waals surface area contributed by atoms with Crippen molar-refractivity contribution in [2.24, 2.45) is 0 Å². The molecule has 7 heteroatoms. The Morgan fingerprint density at radius 2 is 2.22 bits per heavy atom. The topological polar surface area (TPSA) is 73.9 Å². The molecule has 0 saturated heterocycles. The van der Waals surface area contributed by atoms with E-state index in [0.29, 0.717) is 12.2 Å². The van der Waals surface area contributed by atoms with Crippen LogP contribution in [-0.4, -0.2) is 38.6 Å². The molecule has 4 rings (SSSR count). The van der Waals surface area contributed by atoms with Gasteiger partial charge in [0.15, 0.2) is 0 Å². The predicted molar refractivity (Wildman–Crippen MR) is 109 cm³/mol. The number of likely N-dealkylation sites (N-methyl/N-ethyl adjacent to an activating group) is 1. The largest absolute Gasteiger partial charge is 0.351 e. The SMILES string of the molecule is CCN(C(=O)c1cc2ccccc2[nH]1)[C@@H]1C=C(Nc2nnc(C)s2)CCC1. The van der Waals surface area contributed by atoms with Gasteiger partial charge in [-0.1, -0.05) is 29.5 Å². The van der Waals surface area contributed by atoms with Crippen molar-refractivity contribution in [3.63, 3.8) is 0 Å². The Labute approximate surface area is 162 Å². The third-order valence-corrected chi connectivity index (χ3v) is 5.65. The van der Waals surface area contributed by atoms with Gasteiger partial charge in [-0.3, -0.25) is 4.79 Å². The van der Waals surface area contributed by atoms with Crippen molar-refractivity contribution in [1.82, 2.24) is 20.1 Å². The van der Waals surface area contributed by atoms with Crippen LogP contribution >= 0.6 is 11.3 Å². The second-order valence-electron chi connectivity index (χ2n) is 6.76. The summed E-state index contributed by atoms with van der Waals surface area (Å²) in [5.41, 5.74) is 2.75. The van der Waals surface area contributed by atoms with Crippen molar-refractivity contribution in [3.8, 4) is 0 Å². The highest BCUT2D eigenvalue weighted by Crippen LogP contribution is 2.26. The molecule has 1 aliphatic rings. The van der Waals surface area contributed by atoms with E-state index in [-0.39, 0.29) is 11.9 Å². The van der Waals surface area contributed by atoms with Gasteiger partial charge >= 0.3 is 0 Å². The van der Waals surface area contributed by atoms with Gasteiger partial charge in [0, 0.05) is 23.1 Å². The maximum Gasteiger partial charge on any atom is 0.270 e. The first-order chi connectivity index (χ1) is 13.1. The van der Waals surface area contributed by atoms with Gasteiger partial charge in [0.05, 0.1) is 6.04 Å². The monoisotopic (exact) mass is 381 g/mol. The van der Waals surface area contributed by atoms with Crippen molar-refractivity contribution in [2.75, 3.05) is 11.9 Å². The van der Waals surface area contributed by atoms with E-state index < -0.39 is 0 Å². The van der Waals surface area contributed by atoms with Crippen LogP contribution < -0.4 is 5.32 Å². The lowest BCUT2D eigenvalue weighted by Crippen LogP contribution is -2.40. The Kier molecular flexibility index (Phi) is 4.94. The van der Waals surface area contributed by atoms with Gasteiger partial charge in [0.2, 0.25) is 5.13 Å². The molecule has 0 saturated carbocycles. The summed E-state index contributed by atoms with van der Waals surface area (Å²) in [6.07, 6.45) is 5.15. The number of benzene rings is 1. The molecule has 6 nitrogen and oxygen atoms in total. The van der Waals surface area contributed by atoms with Crippen LogP contribution in [0.4, 0.5) is 5.13 Å². The van der Waals surface area contributed by atoms with Crippen molar-refractivity contribution in [3.05, 3.63) is 52.8 Å². The maximum absolute atomic E-state index is 13.1. The summed E-state index contributed by atoms with van der Waals surface area (Å²) in [7, 11) is 0. The average Bonchev–Trinajstić information content (AvgIpc) is 3.28. The fourth-order valence-corrected chi connectivity index (χ4v) is 4.23. The summed E-state index contributed by atoms with van der Waals surface area (Å²) in [5, 5.41) is 14.4. The maximum atomic E-state index is 13.1. The number of aromatic amines is 1. The number of H-pyrrole nitrogens is 1. The molecule has 0 spiro atoms. The summed E-state index contributed by atoms with van der Waals surface area (Å²) in [6, 6.07) is 10.00. The molecule has 1 amide bonds. The Hall–Kier alpha value is -2.67. The van der Waals surface area contributed by atoms with Gasteiger partial charge in [-0.05, 0) is 51.3 Å². The molecule has 1 aromatic carbocycles. The molecule has 1 aliphatic carbocycles. The lowest BCUT2D eigenvalue weighted by atomic mass is 9.98. The van der Waals surface area contributed by atoms with Crippen molar-refractivity contribution in [1.29, 1.82) is 0 Å². The molecule has 27 heavy (non-hydrogen) atoms. The number of rotatable bonds is 5. The normalized spacial score (nSPS) is 17.0. The van der Waals surface area contributed by atoms with E-state index in [1.54, 1.807) is 11.3 Å². The van der Waals surface area contributed by atoms with Crippen LogP contribution in [0.3, 0.4) is 0 Å². The minimum atomic E-state index is 0.0444. The lowest BCUT2D eigenvalue weighted by molar-refractivity contribution is 0.0707. The number of anilines is 1. The summed E-state index contributed by atoms with van der Waals surface area (Å²) < 4.78 is 0. The van der Waals surface area contributed by atoms with Gasteiger partial charge in [0.1, 0.15) is 10.7 Å². The summed E-state index contributed by atoms with van der Waals surface area (Å²) in [4.78, 5) is 18.3. The summed E-state index contributed by atoms with van der Waals surface area (Å²) >= 11 is 1.54. The van der Waals surface area contributed by atoms with Crippen LogP contribution in [0.15, 0.2) is 42.1 Å². The molecule has 3 aromatic rings. The van der Waals surface area contributed by atoms with Gasteiger partial charge in [-0.15, -0.1) is 10.2 Å². The molecule has 0 unspecified atom stereocenters. The summed E-state index contributed by atoms with van der Waals surface area (Å²) in [5.74, 6) is 0.0444. The number of allylic oxidation sites excluding steroid dienone is 1. The first-order valence-corrected chi connectivity index (χ1v) is 10.1. The van der Waals surface area contributed by atoms with Gasteiger partial charge in [-0.25, -0.2) is 0 Å². The van der Waals surface area contributed by atoms with Crippen molar-refractivity contribution in [2.45, 2.75) is 39.2 Å². The number of aryl methyl sites for hydroxylation is 1. The van der Waals surface area contributed by atoms with Crippen LogP contribution in [0.1, 0.15) is 41.7 Å². The number of nitrogens with zero attached hydrogens (tertiary/aromatic N) is 3. The Morgan fingerprint density at radius 3 is 2.96 bits per heavy atom. The zero-order valence-corrected chi connectivity index (χ0v) is 16.3. The minimum Gasteiger partial charge on any atom is -0.351 e. The van der Waals surface area contributed by atoms with E-state index in [1.807, 2.05) is 49.1 Å². The standard InChI is InChI=1S/C20H23N5OS/c1-3-25(19(26)18-11-14-7-4-5-10-17(14)22-18)16-9-6-8-15(12-16)21-20-24-23-13(2)27-20/h4-5,7,10-12,16,22H,3,6,8-9H2,1-2H3,(H,21,24)/t16-/m0/s1. The third kappa shape index (κ3) is 3.73. The average molecular weight is 382 g/mol. The number of amides is 1. The molecule has 2 aromatic heterocycles. The smallest absolute Gasteiger partial charge is 0.270 e. The quantitative estimate of drug-likeness (QED) is 0.689. The highest BCUT2D eigenvalue weighted by Gasteiger charge is 2.26. The zero-order chi connectivity index (χ0) is 18.8. The molecular weight excluding hydrogens is 358 g/mol. The Bertz CT molecular complexity index is 956. The number of hydrogen-bond donors (Lipinski definition) is 2. The number of hydrogen-bond acceptors (Lipinski definition) is 5. The van der Waals surface area contributed by atoms with Gasteiger partial charge in [-0.2, -0.15) is 0 Å². The van der Waals surface area contributed by atoms with Crippen LogP contribution in [0.5, 0.6) is 0 Å². The summed E-state index contributed by atoms with van der Waals surface area (Å²) in [6.45, 7) is 4.64. The van der Waals surface area contributed by atoms with Crippen molar-refractivity contribution < 1.29 is 4.79 Å². The molecule has 0 aliphatic heterocycles. The number of carbonyl (C=O) groups excluding carboxylic acids is 1. The first-order valence-electron chi connectivity index (χ1n) is 9.30. The molecule has 0 fully saturated rings. The number of fused-ring (bicyclic) bond motifs is 1. The molecule has 2 heterocycles. The van der Waals surface area contributed by atoms with Crippen LogP contribution in [0.25, 0.3) is 10.9 Å². The number of nitrogens with one attached hydrogen (secondary N) is 2. The second kappa shape index (κ2) is 7.52. The zero-order valence-electron chi connectivity index (χ0n) is 15.5.